The van der Waals surface area contributed by atoms with Crippen molar-refractivity contribution in [2.45, 2.75) is 11.8 Å². The van der Waals surface area contributed by atoms with Crippen LogP contribution in [-0.4, -0.2) is 51.1 Å². The van der Waals surface area contributed by atoms with Crippen LogP contribution in [0.25, 0.3) is 0 Å². The van der Waals surface area contributed by atoms with Crippen molar-refractivity contribution in [3.63, 3.8) is 0 Å². The summed E-state index contributed by atoms with van der Waals surface area (Å²) in [6, 6.07) is 13.1. The largest absolute Gasteiger partial charge is 0.468 e. The van der Waals surface area contributed by atoms with Gasteiger partial charge in [-0.1, -0.05) is 35.9 Å². The van der Waals surface area contributed by atoms with Gasteiger partial charge in [0, 0.05) is 12.6 Å². The van der Waals surface area contributed by atoms with E-state index in [-0.39, 0.29) is 17.2 Å². The molecule has 0 atom stereocenters. The van der Waals surface area contributed by atoms with Gasteiger partial charge >= 0.3 is 5.97 Å². The van der Waals surface area contributed by atoms with Gasteiger partial charge in [-0.3, -0.25) is 14.5 Å². The van der Waals surface area contributed by atoms with Crippen LogP contribution in [0.2, 0.25) is 0 Å². The Hall–Kier alpha value is -3.20. The van der Waals surface area contributed by atoms with Gasteiger partial charge in [0.05, 0.1) is 17.7 Å². The molecule has 28 heavy (non-hydrogen) atoms. The second-order valence-corrected chi connectivity index (χ2v) is 8.14. The number of carbonyl (C=O) groups excluding carboxylic acids is 2. The van der Waals surface area contributed by atoms with Gasteiger partial charge in [0.1, 0.15) is 6.54 Å². The molecule has 0 bridgehead atoms. The fourth-order valence-electron chi connectivity index (χ4n) is 2.77. The van der Waals surface area contributed by atoms with Crippen molar-refractivity contribution >= 4 is 33.3 Å². The normalized spacial score (nSPS) is 14.9. The fraction of sp³-hybridized carbons (Fsp3) is 0.211. The van der Waals surface area contributed by atoms with Gasteiger partial charge in [-0.05, 0) is 25.1 Å². The van der Waals surface area contributed by atoms with E-state index in [2.05, 4.69) is 9.84 Å². The summed E-state index contributed by atoms with van der Waals surface area (Å²) >= 11 is 0. The minimum Gasteiger partial charge on any atom is -0.468 e. The highest BCUT2D eigenvalue weighted by Crippen LogP contribution is 2.29. The van der Waals surface area contributed by atoms with Crippen molar-refractivity contribution in [3.8, 4) is 0 Å². The Balaban J connectivity index is 2.00. The third kappa shape index (κ3) is 3.48. The molecule has 1 heterocycles. The predicted molar refractivity (Wildman–Crippen MR) is 103 cm³/mol. The van der Waals surface area contributed by atoms with Crippen LogP contribution < -0.4 is 4.90 Å². The van der Waals surface area contributed by atoms with Crippen LogP contribution >= 0.6 is 0 Å². The number of rotatable bonds is 5. The molecular formula is C19H19N3O5S. The summed E-state index contributed by atoms with van der Waals surface area (Å²) in [6.45, 7) is 1.56. The molecule has 8 nitrogen and oxygen atoms in total. The van der Waals surface area contributed by atoms with E-state index < -0.39 is 21.9 Å². The molecule has 0 unspecified atom stereocenters. The Morgan fingerprint density at radius 2 is 1.79 bits per heavy atom. The summed E-state index contributed by atoms with van der Waals surface area (Å²) in [7, 11) is -1.44. The highest BCUT2D eigenvalue weighted by molar-refractivity contribution is 7.89. The number of benzene rings is 2. The van der Waals surface area contributed by atoms with E-state index in [0.29, 0.717) is 11.3 Å². The van der Waals surface area contributed by atoms with Crippen molar-refractivity contribution < 1.29 is 22.7 Å². The number of hydrazone groups is 1. The Morgan fingerprint density at radius 1 is 1.14 bits per heavy atom. The first kappa shape index (κ1) is 19.6. The first-order valence-electron chi connectivity index (χ1n) is 8.38. The van der Waals surface area contributed by atoms with Gasteiger partial charge < -0.3 is 4.74 Å². The average molecular weight is 401 g/mol. The van der Waals surface area contributed by atoms with Gasteiger partial charge in [-0.15, -0.1) is 0 Å². The van der Waals surface area contributed by atoms with Crippen LogP contribution in [0, 0.1) is 6.92 Å². The van der Waals surface area contributed by atoms with Crippen LogP contribution in [0.15, 0.2) is 58.5 Å². The number of esters is 1. The first-order valence-corrected chi connectivity index (χ1v) is 9.82. The molecule has 1 amide bonds. The van der Waals surface area contributed by atoms with Crippen LogP contribution in [0.4, 0.5) is 5.69 Å². The summed E-state index contributed by atoms with van der Waals surface area (Å²) in [5.41, 5.74) is 1.78. The molecule has 0 spiro atoms. The zero-order chi connectivity index (χ0) is 20.5. The number of para-hydroxylation sites is 1. The Kier molecular flexibility index (Phi) is 5.19. The van der Waals surface area contributed by atoms with Crippen LogP contribution in [0.1, 0.15) is 11.1 Å². The maximum absolute atomic E-state index is 12.8. The van der Waals surface area contributed by atoms with Crippen LogP contribution in [0.5, 0.6) is 0 Å². The number of ether oxygens (including phenoxy) is 1. The zero-order valence-electron chi connectivity index (χ0n) is 15.6. The minimum absolute atomic E-state index is 0.0577. The maximum atomic E-state index is 12.8. The zero-order valence-corrected chi connectivity index (χ0v) is 16.4. The van der Waals surface area contributed by atoms with Crippen LogP contribution in [0.3, 0.4) is 0 Å². The van der Waals surface area contributed by atoms with Gasteiger partial charge in [0.2, 0.25) is 0 Å². The molecule has 2 aromatic carbocycles. The number of methoxy groups -OCH3 is 1. The third-order valence-electron chi connectivity index (χ3n) is 4.32. The molecule has 0 saturated heterocycles. The Morgan fingerprint density at radius 3 is 2.43 bits per heavy atom. The highest BCUT2D eigenvalue weighted by atomic mass is 32.2. The molecule has 3 rings (SSSR count). The van der Waals surface area contributed by atoms with Gasteiger partial charge in [-0.25, -0.2) is 0 Å². The van der Waals surface area contributed by atoms with E-state index >= 15 is 0 Å². The van der Waals surface area contributed by atoms with E-state index in [1.165, 1.54) is 31.2 Å². The molecule has 0 radical (unpaired) electrons. The number of amides is 1. The van der Waals surface area contributed by atoms with E-state index in [1.54, 1.807) is 36.4 Å². The minimum atomic E-state index is -3.93. The number of anilines is 1. The first-order chi connectivity index (χ1) is 13.3. The number of hydrogen-bond donors (Lipinski definition) is 0. The molecule has 1 aliphatic heterocycles. The molecule has 0 N–H and O–H groups in total. The van der Waals surface area contributed by atoms with E-state index in [0.717, 1.165) is 9.98 Å². The average Bonchev–Trinajstić information content (AvgIpc) is 2.94. The number of carbonyl (C=O) groups is 2. The monoisotopic (exact) mass is 401 g/mol. The second-order valence-electron chi connectivity index (χ2n) is 6.19. The molecule has 146 valence electrons. The lowest BCUT2D eigenvalue weighted by Crippen LogP contribution is -2.36. The van der Waals surface area contributed by atoms with Crippen molar-refractivity contribution in [1.29, 1.82) is 0 Å². The number of fused-ring (bicyclic) bond motifs is 1. The highest BCUT2D eigenvalue weighted by Gasteiger charge is 2.36. The Labute approximate surface area is 163 Å². The number of sulfonamides is 1. The Bertz CT molecular complexity index is 1060. The predicted octanol–water partition coefficient (Wildman–Crippen LogP) is 1.54. The van der Waals surface area contributed by atoms with Gasteiger partial charge in [-0.2, -0.15) is 17.9 Å². The number of hydrogen-bond acceptors (Lipinski definition) is 6. The lowest BCUT2D eigenvalue weighted by atomic mass is 10.1. The van der Waals surface area contributed by atoms with Gasteiger partial charge in [0.15, 0.2) is 5.71 Å². The lowest BCUT2D eigenvalue weighted by Gasteiger charge is -2.16. The molecule has 0 fully saturated rings. The topological polar surface area (TPSA) is 96.3 Å². The van der Waals surface area contributed by atoms with Crippen molar-refractivity contribution in [3.05, 3.63) is 59.7 Å². The number of nitrogens with zero attached hydrogens (tertiary/aromatic N) is 3. The molecule has 2 aromatic rings. The fourth-order valence-corrected chi connectivity index (χ4v) is 3.74. The summed E-state index contributed by atoms with van der Waals surface area (Å²) in [5.74, 6) is -1.16. The lowest BCUT2D eigenvalue weighted by molar-refractivity contribution is -0.139. The van der Waals surface area contributed by atoms with Crippen molar-refractivity contribution in [1.82, 2.24) is 4.41 Å². The SMILES string of the molecule is COC(=O)CN1C(=O)C(=NN(C)S(=O)(=O)c2ccc(C)cc2)c2ccccc21. The van der Waals surface area contributed by atoms with Gasteiger partial charge in [0.25, 0.3) is 15.9 Å². The quantitative estimate of drug-likeness (QED) is 0.559. The molecule has 0 aliphatic carbocycles. The molecule has 1 aliphatic rings. The summed E-state index contributed by atoms with van der Waals surface area (Å²) in [6.07, 6.45) is 0. The summed E-state index contributed by atoms with van der Waals surface area (Å²) in [4.78, 5) is 25.8. The summed E-state index contributed by atoms with van der Waals surface area (Å²) < 4.78 is 31.0. The van der Waals surface area contributed by atoms with E-state index in [1.807, 2.05) is 6.92 Å². The van der Waals surface area contributed by atoms with Crippen molar-refractivity contribution in [2.24, 2.45) is 5.10 Å². The van der Waals surface area contributed by atoms with E-state index in [9.17, 15) is 18.0 Å². The molecule has 0 saturated carbocycles. The number of aryl methyl sites for hydroxylation is 1. The van der Waals surface area contributed by atoms with Crippen LogP contribution in [-0.2, 0) is 24.3 Å². The third-order valence-corrected chi connectivity index (χ3v) is 5.97. The molecular weight excluding hydrogens is 382 g/mol. The maximum Gasteiger partial charge on any atom is 0.325 e. The second kappa shape index (κ2) is 7.43. The smallest absolute Gasteiger partial charge is 0.325 e. The van der Waals surface area contributed by atoms with Crippen molar-refractivity contribution in [2.75, 3.05) is 25.6 Å². The van der Waals surface area contributed by atoms with E-state index in [4.69, 9.17) is 0 Å². The standard InChI is InChI=1S/C19H19N3O5S/c1-13-8-10-14(11-9-13)28(25,26)21(2)20-18-15-6-4-5-7-16(15)22(19(18)24)12-17(23)27-3/h4-11H,12H2,1-3H3. The molecule has 9 heteroatoms. The summed E-state index contributed by atoms with van der Waals surface area (Å²) in [5, 5.41) is 4.07. The molecule has 0 aromatic heterocycles.